The van der Waals surface area contributed by atoms with E-state index in [1.807, 2.05) is 11.6 Å². The number of nitrogens with one attached hydrogen (secondary N) is 1. The summed E-state index contributed by atoms with van der Waals surface area (Å²) in [4.78, 5) is 0. The molecule has 1 saturated carbocycles. The minimum atomic E-state index is 0.313. The Hall–Kier alpha value is -0.870. The molecule has 0 atom stereocenters. The lowest BCUT2D eigenvalue weighted by Crippen LogP contribution is -2.25. The minimum absolute atomic E-state index is 0.313. The van der Waals surface area contributed by atoms with E-state index in [0.29, 0.717) is 12.0 Å². The van der Waals surface area contributed by atoms with Crippen LogP contribution >= 0.6 is 0 Å². The molecular weight excluding hydrogens is 214 g/mol. The van der Waals surface area contributed by atoms with E-state index in [9.17, 15) is 0 Å². The highest BCUT2D eigenvalue weighted by Gasteiger charge is 2.41. The zero-order valence-electron chi connectivity index (χ0n) is 10.9. The van der Waals surface area contributed by atoms with Gasteiger partial charge in [0.25, 0.3) is 0 Å². The maximum atomic E-state index is 9.00. The third kappa shape index (κ3) is 3.07. The molecule has 1 aliphatic carbocycles. The molecule has 2 N–H and O–H groups in total. The van der Waals surface area contributed by atoms with E-state index in [-0.39, 0.29) is 0 Å². The van der Waals surface area contributed by atoms with Crippen LogP contribution in [0, 0.1) is 12.3 Å². The summed E-state index contributed by atoms with van der Waals surface area (Å²) in [5.74, 6) is 0. The zero-order valence-corrected chi connectivity index (χ0v) is 10.9. The topological polar surface area (TPSA) is 50.1 Å². The first kappa shape index (κ1) is 12.6. The van der Waals surface area contributed by atoms with Crippen molar-refractivity contribution in [3.63, 3.8) is 0 Å². The van der Waals surface area contributed by atoms with Crippen molar-refractivity contribution in [2.75, 3.05) is 13.2 Å². The van der Waals surface area contributed by atoms with Crippen molar-refractivity contribution in [2.45, 2.75) is 46.2 Å². The van der Waals surface area contributed by atoms with E-state index in [4.69, 9.17) is 5.11 Å². The Morgan fingerprint density at radius 3 is 2.88 bits per heavy atom. The van der Waals surface area contributed by atoms with Crippen LogP contribution in [0.1, 0.15) is 37.6 Å². The molecule has 0 amide bonds. The van der Waals surface area contributed by atoms with E-state index in [2.05, 4.69) is 23.4 Å². The fourth-order valence-electron chi connectivity index (χ4n) is 2.40. The first-order valence-electron chi connectivity index (χ1n) is 6.54. The zero-order chi connectivity index (χ0) is 12.3. The average molecular weight is 237 g/mol. The Balaban J connectivity index is 1.81. The first-order chi connectivity index (χ1) is 8.19. The Morgan fingerprint density at radius 2 is 2.29 bits per heavy atom. The van der Waals surface area contributed by atoms with Crippen molar-refractivity contribution in [1.82, 2.24) is 15.1 Å². The van der Waals surface area contributed by atoms with Gasteiger partial charge < -0.3 is 10.4 Å². The Bertz CT molecular complexity index is 369. The van der Waals surface area contributed by atoms with Crippen LogP contribution in [-0.4, -0.2) is 28.0 Å². The van der Waals surface area contributed by atoms with E-state index < -0.39 is 0 Å². The van der Waals surface area contributed by atoms with Crippen LogP contribution in [0.15, 0.2) is 6.07 Å². The number of aryl methyl sites for hydroxylation is 2. The standard InChI is InChI=1S/C13H23N3O/c1-3-16-12(8-11(2)15-16)9-14-10-13(4-5-13)6-7-17/h8,14,17H,3-7,9-10H2,1-2H3. The van der Waals surface area contributed by atoms with Gasteiger partial charge in [-0.3, -0.25) is 4.68 Å². The van der Waals surface area contributed by atoms with Crippen molar-refractivity contribution in [3.8, 4) is 0 Å². The van der Waals surface area contributed by atoms with Crippen LogP contribution < -0.4 is 5.32 Å². The van der Waals surface area contributed by atoms with Gasteiger partial charge in [0.1, 0.15) is 0 Å². The summed E-state index contributed by atoms with van der Waals surface area (Å²) in [5.41, 5.74) is 2.73. The molecule has 1 aromatic rings. The van der Waals surface area contributed by atoms with Crippen LogP contribution in [0.2, 0.25) is 0 Å². The fraction of sp³-hybridized carbons (Fsp3) is 0.769. The maximum Gasteiger partial charge on any atom is 0.0597 e. The number of aromatic nitrogens is 2. The highest BCUT2D eigenvalue weighted by atomic mass is 16.3. The van der Waals surface area contributed by atoms with E-state index in [1.54, 1.807) is 0 Å². The SMILES string of the molecule is CCn1nc(C)cc1CNCC1(CCO)CC1. The van der Waals surface area contributed by atoms with Gasteiger partial charge in [-0.2, -0.15) is 5.10 Å². The summed E-state index contributed by atoms with van der Waals surface area (Å²) in [6.45, 7) is 7.28. The molecule has 1 aromatic heterocycles. The molecular formula is C13H23N3O. The van der Waals surface area contributed by atoms with E-state index >= 15 is 0 Å². The summed E-state index contributed by atoms with van der Waals surface area (Å²) in [7, 11) is 0. The van der Waals surface area contributed by atoms with Gasteiger partial charge in [-0.05, 0) is 44.6 Å². The number of hydrogen-bond acceptors (Lipinski definition) is 3. The molecule has 0 aromatic carbocycles. The van der Waals surface area contributed by atoms with Gasteiger partial charge in [-0.1, -0.05) is 0 Å². The lowest BCUT2D eigenvalue weighted by Gasteiger charge is -2.14. The van der Waals surface area contributed by atoms with Gasteiger partial charge in [-0.25, -0.2) is 0 Å². The molecule has 0 bridgehead atoms. The van der Waals surface area contributed by atoms with Crippen molar-refractivity contribution in [1.29, 1.82) is 0 Å². The third-order valence-electron chi connectivity index (χ3n) is 3.69. The van der Waals surface area contributed by atoms with Gasteiger partial charge in [0.05, 0.1) is 11.4 Å². The van der Waals surface area contributed by atoms with Crippen molar-refractivity contribution < 1.29 is 5.11 Å². The molecule has 0 spiro atoms. The number of nitrogens with zero attached hydrogens (tertiary/aromatic N) is 2. The molecule has 2 rings (SSSR count). The maximum absolute atomic E-state index is 9.00. The van der Waals surface area contributed by atoms with Gasteiger partial charge >= 0.3 is 0 Å². The predicted molar refractivity (Wildman–Crippen MR) is 67.7 cm³/mol. The first-order valence-corrected chi connectivity index (χ1v) is 6.54. The largest absolute Gasteiger partial charge is 0.396 e. The van der Waals surface area contributed by atoms with Crippen molar-refractivity contribution >= 4 is 0 Å². The molecule has 4 nitrogen and oxygen atoms in total. The second-order valence-electron chi connectivity index (χ2n) is 5.17. The number of aliphatic hydroxyl groups excluding tert-OH is 1. The highest BCUT2D eigenvalue weighted by Crippen LogP contribution is 2.47. The van der Waals surface area contributed by atoms with Crippen LogP contribution in [-0.2, 0) is 13.1 Å². The second-order valence-corrected chi connectivity index (χ2v) is 5.17. The third-order valence-corrected chi connectivity index (χ3v) is 3.69. The van der Waals surface area contributed by atoms with Gasteiger partial charge in [-0.15, -0.1) is 0 Å². The summed E-state index contributed by atoms with van der Waals surface area (Å²) < 4.78 is 2.05. The Morgan fingerprint density at radius 1 is 1.53 bits per heavy atom. The van der Waals surface area contributed by atoms with E-state index in [0.717, 1.165) is 31.7 Å². The lowest BCUT2D eigenvalue weighted by atomic mass is 10.0. The molecule has 4 heteroatoms. The molecule has 1 fully saturated rings. The molecule has 1 heterocycles. The summed E-state index contributed by atoms with van der Waals surface area (Å²) in [6, 6.07) is 2.14. The normalized spacial score (nSPS) is 17.4. The van der Waals surface area contributed by atoms with Crippen LogP contribution in [0.3, 0.4) is 0 Å². The summed E-state index contributed by atoms with van der Waals surface area (Å²) in [6.07, 6.45) is 3.45. The molecule has 96 valence electrons. The van der Waals surface area contributed by atoms with Crippen LogP contribution in [0.4, 0.5) is 0 Å². The van der Waals surface area contributed by atoms with Crippen molar-refractivity contribution in [2.24, 2.45) is 5.41 Å². The smallest absolute Gasteiger partial charge is 0.0597 e. The number of hydrogen-bond donors (Lipinski definition) is 2. The summed E-state index contributed by atoms with van der Waals surface area (Å²) in [5, 5.41) is 16.9. The van der Waals surface area contributed by atoms with E-state index in [1.165, 1.54) is 18.5 Å². The predicted octanol–water partition coefficient (Wildman–Crippen LogP) is 1.46. The van der Waals surface area contributed by atoms with Crippen molar-refractivity contribution in [3.05, 3.63) is 17.5 Å². The highest BCUT2D eigenvalue weighted by molar-refractivity contribution is 5.09. The molecule has 0 saturated heterocycles. The monoisotopic (exact) mass is 237 g/mol. The number of aliphatic hydroxyl groups is 1. The second kappa shape index (κ2) is 5.19. The summed E-state index contributed by atoms with van der Waals surface area (Å²) >= 11 is 0. The minimum Gasteiger partial charge on any atom is -0.396 e. The lowest BCUT2D eigenvalue weighted by molar-refractivity contribution is 0.245. The fourth-order valence-corrected chi connectivity index (χ4v) is 2.40. The molecule has 0 unspecified atom stereocenters. The molecule has 0 radical (unpaired) electrons. The molecule has 0 aliphatic heterocycles. The van der Waals surface area contributed by atoms with Gasteiger partial charge in [0.15, 0.2) is 0 Å². The van der Waals surface area contributed by atoms with Gasteiger partial charge in [0, 0.05) is 26.2 Å². The molecule has 1 aliphatic rings. The number of rotatable bonds is 7. The quantitative estimate of drug-likeness (QED) is 0.755. The van der Waals surface area contributed by atoms with Gasteiger partial charge in [0.2, 0.25) is 0 Å². The van der Waals surface area contributed by atoms with Crippen LogP contribution in [0.25, 0.3) is 0 Å². The molecule has 17 heavy (non-hydrogen) atoms. The Labute approximate surface area is 103 Å². The average Bonchev–Trinajstić information content (AvgIpc) is 2.96. The Kier molecular flexibility index (Phi) is 3.84. The van der Waals surface area contributed by atoms with Crippen LogP contribution in [0.5, 0.6) is 0 Å².